The maximum atomic E-state index is 13.2. The number of fused-ring (bicyclic) bond motifs is 1. The molecule has 1 N–H and O–H groups in total. The van der Waals surface area contributed by atoms with E-state index in [2.05, 4.69) is 29.6 Å². The van der Waals surface area contributed by atoms with Crippen molar-refractivity contribution in [3.8, 4) is 5.75 Å². The van der Waals surface area contributed by atoms with Gasteiger partial charge in [0, 0.05) is 43.9 Å². The van der Waals surface area contributed by atoms with Gasteiger partial charge in [0.15, 0.2) is 0 Å². The number of hydrogen-bond acceptors (Lipinski definition) is 5. The van der Waals surface area contributed by atoms with Crippen LogP contribution in [-0.2, 0) is 22.5 Å². The maximum absolute atomic E-state index is 13.2. The summed E-state index contributed by atoms with van der Waals surface area (Å²) in [6, 6.07) is 14.2. The molecular weight excluding hydrogens is 454 g/mol. The lowest BCUT2D eigenvalue weighted by atomic mass is 9.90. The first-order valence-corrected chi connectivity index (χ1v) is 12.9. The van der Waals surface area contributed by atoms with Gasteiger partial charge in [-0.3, -0.25) is 9.69 Å². The Kier molecular flexibility index (Phi) is 7.88. The van der Waals surface area contributed by atoms with Gasteiger partial charge in [0.1, 0.15) is 11.4 Å². The summed E-state index contributed by atoms with van der Waals surface area (Å²) < 4.78 is 11.5. The predicted molar refractivity (Wildman–Crippen MR) is 141 cm³/mol. The summed E-state index contributed by atoms with van der Waals surface area (Å²) in [6.45, 7) is 6.91. The van der Waals surface area contributed by atoms with Crippen LogP contribution in [0.5, 0.6) is 5.75 Å². The van der Waals surface area contributed by atoms with Crippen LogP contribution in [-0.4, -0.2) is 49.2 Å². The smallest absolute Gasteiger partial charge is 0.410 e. The van der Waals surface area contributed by atoms with Crippen LogP contribution < -0.4 is 15.0 Å². The van der Waals surface area contributed by atoms with Gasteiger partial charge < -0.3 is 19.7 Å². The number of nitrogens with one attached hydrogen (secondary N) is 1. The topological polar surface area (TPSA) is 71.1 Å². The largest absolute Gasteiger partial charge is 0.496 e. The first-order chi connectivity index (χ1) is 17.2. The second-order valence-electron chi connectivity index (χ2n) is 10.8. The number of benzene rings is 2. The standard InChI is InChI=1S/C29H39N3O4/c1-29(2,3)36-28(34)32-16-10-14-23(27(32)20-11-7-6-8-12-20)30-19-22-17-24-21(18-25(22)35-5)13-9-15-26(33)31(24)4/h6-8,11-12,17-18,23,27,30H,9-10,13-16,19H2,1-5H3. The minimum atomic E-state index is -0.558. The van der Waals surface area contributed by atoms with Crippen molar-refractivity contribution in [2.75, 3.05) is 25.6 Å². The fourth-order valence-electron chi connectivity index (χ4n) is 5.26. The number of anilines is 1. The molecular formula is C29H39N3O4. The van der Waals surface area contributed by atoms with Crippen LogP contribution in [0.2, 0.25) is 0 Å². The van der Waals surface area contributed by atoms with Gasteiger partial charge in [-0.05, 0) is 69.7 Å². The van der Waals surface area contributed by atoms with Gasteiger partial charge in [-0.25, -0.2) is 4.79 Å². The molecule has 1 saturated heterocycles. The lowest BCUT2D eigenvalue weighted by molar-refractivity contribution is -0.118. The average Bonchev–Trinajstić information content (AvgIpc) is 2.99. The highest BCUT2D eigenvalue weighted by Crippen LogP contribution is 2.35. The van der Waals surface area contributed by atoms with Crippen molar-refractivity contribution >= 4 is 17.7 Å². The van der Waals surface area contributed by atoms with Crippen LogP contribution in [0.1, 0.15) is 69.2 Å². The number of methoxy groups -OCH3 is 1. The van der Waals surface area contributed by atoms with Crippen molar-refractivity contribution in [3.63, 3.8) is 0 Å². The lowest BCUT2D eigenvalue weighted by Gasteiger charge is -2.42. The van der Waals surface area contributed by atoms with Crippen molar-refractivity contribution in [2.24, 2.45) is 0 Å². The second-order valence-corrected chi connectivity index (χ2v) is 10.8. The molecule has 0 bridgehead atoms. The summed E-state index contributed by atoms with van der Waals surface area (Å²) >= 11 is 0. The number of carbonyl (C=O) groups excluding carboxylic acids is 2. The van der Waals surface area contributed by atoms with Crippen molar-refractivity contribution < 1.29 is 19.1 Å². The van der Waals surface area contributed by atoms with Crippen molar-refractivity contribution in [1.29, 1.82) is 0 Å². The summed E-state index contributed by atoms with van der Waals surface area (Å²) in [5.74, 6) is 0.960. The third-order valence-corrected chi connectivity index (χ3v) is 7.01. The van der Waals surface area contributed by atoms with E-state index in [0.717, 1.165) is 53.8 Å². The molecule has 4 rings (SSSR count). The fourth-order valence-corrected chi connectivity index (χ4v) is 5.26. The molecule has 7 heteroatoms. The van der Waals surface area contributed by atoms with Crippen molar-refractivity contribution in [3.05, 3.63) is 59.2 Å². The average molecular weight is 494 g/mol. The molecule has 2 atom stereocenters. The summed E-state index contributed by atoms with van der Waals surface area (Å²) in [6.07, 6.45) is 3.80. The van der Waals surface area contributed by atoms with Crippen LogP contribution in [0.4, 0.5) is 10.5 Å². The Morgan fingerprint density at radius 3 is 2.56 bits per heavy atom. The molecule has 194 valence electrons. The van der Waals surface area contributed by atoms with Crippen LogP contribution in [0.25, 0.3) is 0 Å². The Hall–Kier alpha value is -3.06. The molecule has 2 aromatic carbocycles. The summed E-state index contributed by atoms with van der Waals surface area (Å²) in [5.41, 5.74) is 3.62. The molecule has 0 aliphatic carbocycles. The third-order valence-electron chi connectivity index (χ3n) is 7.01. The molecule has 0 spiro atoms. The van der Waals surface area contributed by atoms with E-state index in [9.17, 15) is 9.59 Å². The van der Waals surface area contributed by atoms with E-state index in [0.29, 0.717) is 19.5 Å². The molecule has 0 saturated carbocycles. The van der Waals surface area contributed by atoms with E-state index in [1.807, 2.05) is 50.9 Å². The number of rotatable bonds is 5. The van der Waals surface area contributed by atoms with Crippen LogP contribution in [0.15, 0.2) is 42.5 Å². The Bertz CT molecular complexity index is 1080. The fraction of sp³-hybridized carbons (Fsp3) is 0.517. The molecule has 36 heavy (non-hydrogen) atoms. The number of ether oxygens (including phenoxy) is 2. The van der Waals surface area contributed by atoms with E-state index in [1.54, 1.807) is 12.0 Å². The molecule has 2 amide bonds. The highest BCUT2D eigenvalue weighted by molar-refractivity contribution is 5.94. The van der Waals surface area contributed by atoms with Crippen LogP contribution >= 0.6 is 0 Å². The number of amides is 2. The number of carbonyl (C=O) groups is 2. The van der Waals surface area contributed by atoms with E-state index in [-0.39, 0.29) is 24.1 Å². The zero-order valence-corrected chi connectivity index (χ0v) is 22.2. The Morgan fingerprint density at radius 2 is 1.86 bits per heavy atom. The third kappa shape index (κ3) is 5.84. The predicted octanol–water partition coefficient (Wildman–Crippen LogP) is 5.22. The maximum Gasteiger partial charge on any atom is 0.410 e. The number of hydrogen-bond donors (Lipinski definition) is 1. The first kappa shape index (κ1) is 26.0. The zero-order valence-electron chi connectivity index (χ0n) is 22.2. The van der Waals surface area contributed by atoms with Gasteiger partial charge in [-0.15, -0.1) is 0 Å². The highest BCUT2D eigenvalue weighted by atomic mass is 16.6. The number of aryl methyl sites for hydroxylation is 1. The number of nitrogens with zero attached hydrogens (tertiary/aromatic N) is 2. The van der Waals surface area contributed by atoms with E-state index in [4.69, 9.17) is 9.47 Å². The molecule has 7 nitrogen and oxygen atoms in total. The molecule has 2 aromatic rings. The highest BCUT2D eigenvalue weighted by Gasteiger charge is 2.37. The SMILES string of the molecule is COc1cc2c(cc1CNC1CCCN(C(=O)OC(C)(C)C)C1c1ccccc1)N(C)C(=O)CCC2. The van der Waals surface area contributed by atoms with E-state index < -0.39 is 5.60 Å². The Labute approximate surface area is 214 Å². The summed E-state index contributed by atoms with van der Waals surface area (Å²) in [7, 11) is 3.54. The van der Waals surface area contributed by atoms with Gasteiger partial charge in [0.2, 0.25) is 5.91 Å². The minimum absolute atomic E-state index is 0.0385. The van der Waals surface area contributed by atoms with E-state index in [1.165, 1.54) is 0 Å². The van der Waals surface area contributed by atoms with E-state index >= 15 is 0 Å². The molecule has 2 unspecified atom stereocenters. The number of piperidine rings is 1. The zero-order chi connectivity index (χ0) is 25.9. The monoisotopic (exact) mass is 493 g/mol. The Morgan fingerprint density at radius 1 is 1.11 bits per heavy atom. The second kappa shape index (κ2) is 10.9. The molecule has 0 radical (unpaired) electrons. The molecule has 2 aliphatic heterocycles. The molecule has 1 fully saturated rings. The quantitative estimate of drug-likeness (QED) is 0.618. The van der Waals surface area contributed by atoms with Crippen LogP contribution in [0.3, 0.4) is 0 Å². The van der Waals surface area contributed by atoms with Crippen molar-refractivity contribution in [2.45, 2.75) is 77.1 Å². The number of likely N-dealkylation sites (tertiary alicyclic amines) is 1. The molecule has 0 aromatic heterocycles. The molecule has 2 heterocycles. The summed E-state index contributed by atoms with van der Waals surface area (Å²) in [5, 5.41) is 3.72. The van der Waals surface area contributed by atoms with Gasteiger partial charge in [-0.1, -0.05) is 30.3 Å². The first-order valence-electron chi connectivity index (χ1n) is 12.9. The molecule has 2 aliphatic rings. The van der Waals surface area contributed by atoms with Gasteiger partial charge >= 0.3 is 6.09 Å². The van der Waals surface area contributed by atoms with Gasteiger partial charge in [0.25, 0.3) is 0 Å². The van der Waals surface area contributed by atoms with Gasteiger partial charge in [0.05, 0.1) is 13.2 Å². The Balaban J connectivity index is 1.61. The lowest BCUT2D eigenvalue weighted by Crippen LogP contribution is -2.51. The minimum Gasteiger partial charge on any atom is -0.496 e. The van der Waals surface area contributed by atoms with Crippen molar-refractivity contribution in [1.82, 2.24) is 10.2 Å². The van der Waals surface area contributed by atoms with Crippen LogP contribution in [0, 0.1) is 0 Å². The normalized spacial score (nSPS) is 20.5. The summed E-state index contributed by atoms with van der Waals surface area (Å²) in [4.78, 5) is 29.3. The van der Waals surface area contributed by atoms with Gasteiger partial charge in [-0.2, -0.15) is 0 Å².